The Hall–Kier alpha value is 0.0699. The van der Waals surface area contributed by atoms with Crippen molar-refractivity contribution in [2.24, 2.45) is 0 Å². The van der Waals surface area contributed by atoms with Crippen LogP contribution in [0.15, 0.2) is 0 Å². The third-order valence-electron chi connectivity index (χ3n) is 0.183. The minimum absolute atomic E-state index is 0. The molecule has 0 amide bonds. The zero-order valence-corrected chi connectivity index (χ0v) is 2.71. The van der Waals surface area contributed by atoms with Crippen LogP contribution in [0.5, 0.6) is 0 Å². The number of carbonyl (C=O) groups is 2. The molecule has 0 spiro atoms. The summed E-state index contributed by atoms with van der Waals surface area (Å²) in [5.41, 5.74) is 0. The minimum atomic E-state index is -1.82. The van der Waals surface area contributed by atoms with Crippen LogP contribution in [0.2, 0.25) is 0 Å². The second kappa shape index (κ2) is 7.07. The van der Waals surface area contributed by atoms with E-state index in [2.05, 4.69) is 0 Å². The van der Waals surface area contributed by atoms with Gasteiger partial charge in [0, 0.05) is 0 Å². The van der Waals surface area contributed by atoms with Gasteiger partial charge < -0.3 is 10.2 Å². The molecule has 42 valence electrons. The average Bonchev–Trinajstić information content (AvgIpc) is 1.36. The Labute approximate surface area is 68.2 Å². The zero-order valence-electron chi connectivity index (χ0n) is 2.71. The van der Waals surface area contributed by atoms with Gasteiger partial charge >= 0.3 is 30.8 Å². The molecule has 0 fully saturated rings. The molecule has 0 radical (unpaired) electrons. The molecule has 4 nitrogen and oxygen atoms in total. The summed E-state index contributed by atoms with van der Waals surface area (Å²) in [6, 6.07) is 0. The molecule has 0 aliphatic carbocycles. The summed E-state index contributed by atoms with van der Waals surface area (Å²) in [6.45, 7) is 0. The Kier molecular flexibility index (Phi) is 13.9. The molecule has 2 N–H and O–H groups in total. The molecule has 0 aliphatic heterocycles. The van der Waals surface area contributed by atoms with Crippen molar-refractivity contribution in [2.45, 2.75) is 0 Å². The van der Waals surface area contributed by atoms with Crippen molar-refractivity contribution in [1.29, 1.82) is 0 Å². The second-order valence-electron chi connectivity index (χ2n) is 0.610. The first-order valence-electron chi connectivity index (χ1n) is 1.11. The molecular formula is C2H6AlLiO4. The molecule has 0 aromatic heterocycles. The first-order chi connectivity index (χ1) is 2.64. The third kappa shape index (κ3) is 9.42. The van der Waals surface area contributed by atoms with Gasteiger partial charge in [-0.3, -0.25) is 0 Å². The van der Waals surface area contributed by atoms with Crippen molar-refractivity contribution in [3.8, 4) is 0 Å². The van der Waals surface area contributed by atoms with E-state index in [1.165, 1.54) is 0 Å². The summed E-state index contributed by atoms with van der Waals surface area (Å²) in [4.78, 5) is 18.2. The van der Waals surface area contributed by atoms with Crippen LogP contribution in [0, 0.1) is 0 Å². The number of aliphatic carboxylic acids is 2. The monoisotopic (exact) mass is 128 g/mol. The normalized spacial score (nSPS) is 5.50. The van der Waals surface area contributed by atoms with E-state index >= 15 is 0 Å². The van der Waals surface area contributed by atoms with E-state index in [4.69, 9.17) is 19.8 Å². The van der Waals surface area contributed by atoms with Gasteiger partial charge in [0.1, 0.15) is 0 Å². The van der Waals surface area contributed by atoms with Crippen molar-refractivity contribution >= 4 is 48.2 Å². The Bertz CT molecular complexity index is 80.0. The van der Waals surface area contributed by atoms with Crippen LogP contribution in [-0.4, -0.2) is 58.4 Å². The first-order valence-corrected chi connectivity index (χ1v) is 1.11. The quantitative estimate of drug-likeness (QED) is 0.275. The van der Waals surface area contributed by atoms with Gasteiger partial charge in [0.25, 0.3) is 0 Å². The number of carboxylic acid groups (broad SMARTS) is 2. The molecule has 6 heteroatoms. The maximum absolute atomic E-state index is 9.10. The summed E-state index contributed by atoms with van der Waals surface area (Å²) in [5, 5.41) is 14.8. The van der Waals surface area contributed by atoms with Crippen molar-refractivity contribution in [3.05, 3.63) is 0 Å². The summed E-state index contributed by atoms with van der Waals surface area (Å²) >= 11 is 0. The molecule has 0 heterocycles. The topological polar surface area (TPSA) is 74.6 Å². The van der Waals surface area contributed by atoms with E-state index < -0.39 is 11.9 Å². The third-order valence-corrected chi connectivity index (χ3v) is 0.183. The van der Waals surface area contributed by atoms with Gasteiger partial charge in [-0.2, -0.15) is 0 Å². The van der Waals surface area contributed by atoms with E-state index in [1.54, 1.807) is 0 Å². The van der Waals surface area contributed by atoms with Crippen LogP contribution >= 0.6 is 0 Å². The Morgan fingerprint density at radius 1 is 1.00 bits per heavy atom. The molecule has 0 bridgehead atoms. The molecule has 8 heavy (non-hydrogen) atoms. The number of rotatable bonds is 0. The van der Waals surface area contributed by atoms with E-state index in [0.29, 0.717) is 0 Å². The van der Waals surface area contributed by atoms with Crippen LogP contribution in [0.1, 0.15) is 0 Å². The number of hydrogen-bond donors (Lipinski definition) is 2. The van der Waals surface area contributed by atoms with Crippen LogP contribution in [0.3, 0.4) is 0 Å². The SMILES string of the molecule is O=C(O)C(=O)O.[AlH3].[LiH]. The van der Waals surface area contributed by atoms with Gasteiger partial charge in [0.05, 0.1) is 0 Å². The van der Waals surface area contributed by atoms with Crippen molar-refractivity contribution in [1.82, 2.24) is 0 Å². The first kappa shape index (κ1) is 15.7. The standard InChI is InChI=1S/C2H2O4.Al.Li.4H/c3-1(4)2(5)6;;;;;;/h(H,3,4)(H,5,6);;;;;;. The molecule has 0 unspecified atom stereocenters. The Morgan fingerprint density at radius 2 is 1.12 bits per heavy atom. The summed E-state index contributed by atoms with van der Waals surface area (Å²) in [5.74, 6) is -3.65. The van der Waals surface area contributed by atoms with Gasteiger partial charge in [0.15, 0.2) is 17.4 Å². The fourth-order valence-electron chi connectivity index (χ4n) is 0. The Balaban J connectivity index is -0.000000125. The van der Waals surface area contributed by atoms with Gasteiger partial charge in [0.2, 0.25) is 0 Å². The molecule has 0 rings (SSSR count). The molecule has 0 atom stereocenters. The molecule has 0 aliphatic rings. The molecule has 0 aromatic rings. The molecular weight excluding hydrogens is 122 g/mol. The predicted molar refractivity (Wildman–Crippen MR) is 32.4 cm³/mol. The van der Waals surface area contributed by atoms with E-state index in [9.17, 15) is 0 Å². The summed E-state index contributed by atoms with van der Waals surface area (Å²) in [7, 11) is 0. The van der Waals surface area contributed by atoms with Gasteiger partial charge in [-0.25, -0.2) is 9.59 Å². The van der Waals surface area contributed by atoms with Crippen LogP contribution in [0.4, 0.5) is 0 Å². The van der Waals surface area contributed by atoms with E-state index in [1.807, 2.05) is 0 Å². The van der Waals surface area contributed by atoms with Crippen molar-refractivity contribution in [2.75, 3.05) is 0 Å². The molecule has 0 saturated carbocycles. The molecule has 0 aromatic carbocycles. The van der Waals surface area contributed by atoms with E-state index in [0.717, 1.165) is 0 Å². The van der Waals surface area contributed by atoms with Crippen LogP contribution in [0.25, 0.3) is 0 Å². The van der Waals surface area contributed by atoms with Crippen molar-refractivity contribution in [3.63, 3.8) is 0 Å². The fraction of sp³-hybridized carbons (Fsp3) is 0. The molecule has 0 saturated heterocycles. The van der Waals surface area contributed by atoms with Crippen LogP contribution < -0.4 is 0 Å². The van der Waals surface area contributed by atoms with Gasteiger partial charge in [-0.05, 0) is 0 Å². The van der Waals surface area contributed by atoms with Gasteiger partial charge in [-0.15, -0.1) is 0 Å². The second-order valence-corrected chi connectivity index (χ2v) is 0.610. The average molecular weight is 128 g/mol. The zero-order chi connectivity index (χ0) is 5.15. The number of hydrogen-bond acceptors (Lipinski definition) is 2. The van der Waals surface area contributed by atoms with Crippen molar-refractivity contribution < 1.29 is 19.8 Å². The van der Waals surface area contributed by atoms with E-state index in [-0.39, 0.29) is 36.2 Å². The summed E-state index contributed by atoms with van der Waals surface area (Å²) in [6.07, 6.45) is 0. The number of carboxylic acids is 2. The van der Waals surface area contributed by atoms with Crippen LogP contribution in [-0.2, 0) is 9.59 Å². The summed E-state index contributed by atoms with van der Waals surface area (Å²) < 4.78 is 0. The fourth-order valence-corrected chi connectivity index (χ4v) is 0. The maximum atomic E-state index is 9.10. The predicted octanol–water partition coefficient (Wildman–Crippen LogP) is -2.68. The van der Waals surface area contributed by atoms with Gasteiger partial charge in [-0.1, -0.05) is 0 Å². The Morgan fingerprint density at radius 3 is 1.12 bits per heavy atom.